The highest BCUT2D eigenvalue weighted by Gasteiger charge is 2.19. The van der Waals surface area contributed by atoms with Crippen molar-refractivity contribution in [1.82, 2.24) is 0 Å². The lowest BCUT2D eigenvalue weighted by Gasteiger charge is -2.09. The summed E-state index contributed by atoms with van der Waals surface area (Å²) >= 11 is 1.45. The lowest BCUT2D eigenvalue weighted by molar-refractivity contribution is 0.0543. The van der Waals surface area contributed by atoms with Crippen LogP contribution in [0.15, 0.2) is 0 Å². The molecule has 0 aliphatic rings. The molecule has 0 aliphatic heterocycles. The van der Waals surface area contributed by atoms with Crippen molar-refractivity contribution in [2.75, 3.05) is 33.5 Å². The largest absolute Gasteiger partial charge is 0.490 e. The van der Waals surface area contributed by atoms with E-state index in [-0.39, 0.29) is 0 Å². The van der Waals surface area contributed by atoms with Crippen LogP contribution in [-0.2, 0) is 25.3 Å². The third-order valence-electron chi connectivity index (χ3n) is 2.56. The van der Waals surface area contributed by atoms with Crippen LogP contribution < -0.4 is 4.74 Å². The van der Waals surface area contributed by atoms with E-state index in [1.807, 2.05) is 6.92 Å². The molecule has 1 N–H and O–H groups in total. The molecule has 0 amide bonds. The normalized spacial score (nSPS) is 11.8. The van der Waals surface area contributed by atoms with E-state index in [2.05, 4.69) is 0 Å². The third kappa shape index (κ3) is 5.76. The van der Waals surface area contributed by atoms with Gasteiger partial charge in [0.15, 0.2) is 0 Å². The summed E-state index contributed by atoms with van der Waals surface area (Å²) in [5, 5.41) is 0. The Labute approximate surface area is 123 Å². The van der Waals surface area contributed by atoms with E-state index >= 15 is 0 Å². The van der Waals surface area contributed by atoms with Crippen LogP contribution in [0.3, 0.4) is 0 Å². The summed E-state index contributed by atoms with van der Waals surface area (Å²) in [6, 6.07) is 0. The Bertz CT molecular complexity index is 520. The van der Waals surface area contributed by atoms with Crippen LogP contribution in [-0.4, -0.2) is 46.5 Å². The number of ether oxygens (including phenoxy) is 3. The second-order valence-corrected chi connectivity index (χ2v) is 7.08. The van der Waals surface area contributed by atoms with Gasteiger partial charge in [-0.3, -0.25) is 4.55 Å². The Morgan fingerprint density at radius 1 is 1.10 bits per heavy atom. The summed E-state index contributed by atoms with van der Waals surface area (Å²) in [6.07, 6.45) is 0. The van der Waals surface area contributed by atoms with Gasteiger partial charge in [0.2, 0.25) is 0 Å². The maximum Gasteiger partial charge on any atom is 0.269 e. The Kier molecular flexibility index (Phi) is 6.90. The zero-order valence-electron chi connectivity index (χ0n) is 11.8. The van der Waals surface area contributed by atoms with Gasteiger partial charge in [0.25, 0.3) is 10.1 Å². The fraction of sp³-hybridized carbons (Fsp3) is 0.667. The summed E-state index contributed by atoms with van der Waals surface area (Å²) in [4.78, 5) is 1.72. The number of rotatable bonds is 9. The van der Waals surface area contributed by atoms with Crippen LogP contribution in [0, 0.1) is 13.8 Å². The molecule has 116 valence electrons. The van der Waals surface area contributed by atoms with Crippen molar-refractivity contribution in [2.45, 2.75) is 19.6 Å². The van der Waals surface area contributed by atoms with Crippen LogP contribution in [0.2, 0.25) is 0 Å². The van der Waals surface area contributed by atoms with E-state index in [0.717, 1.165) is 9.75 Å². The molecule has 0 fully saturated rings. The highest BCUT2D eigenvalue weighted by atomic mass is 32.2. The molecule has 0 atom stereocenters. The first-order valence-electron chi connectivity index (χ1n) is 6.08. The first-order valence-corrected chi connectivity index (χ1v) is 8.51. The molecule has 1 aromatic heterocycles. The molecule has 0 unspecified atom stereocenters. The maximum absolute atomic E-state index is 11.0. The molecule has 0 saturated heterocycles. The van der Waals surface area contributed by atoms with E-state index in [4.69, 9.17) is 18.8 Å². The Hall–Kier alpha value is -0.670. The summed E-state index contributed by atoms with van der Waals surface area (Å²) < 4.78 is 46.7. The standard InChI is InChI=1S/C12H20O6S2/c1-9-11(8-20(13,14)15)12(10(2)19-9)18-7-6-17-5-4-16-3/h4-8H2,1-3H3,(H,13,14,15). The van der Waals surface area contributed by atoms with Crippen LogP contribution in [0.5, 0.6) is 5.75 Å². The van der Waals surface area contributed by atoms with Crippen molar-refractivity contribution in [3.8, 4) is 5.75 Å². The smallest absolute Gasteiger partial charge is 0.269 e. The average molecular weight is 324 g/mol. The van der Waals surface area contributed by atoms with Gasteiger partial charge in [-0.05, 0) is 13.8 Å². The van der Waals surface area contributed by atoms with Gasteiger partial charge in [0.05, 0.1) is 19.8 Å². The third-order valence-corrected chi connectivity index (χ3v) is 4.26. The molecule has 0 radical (unpaired) electrons. The predicted octanol–water partition coefficient (Wildman–Crippen LogP) is 1.79. The summed E-state index contributed by atoms with van der Waals surface area (Å²) in [5.74, 6) is 0.101. The summed E-state index contributed by atoms with van der Waals surface area (Å²) in [5.41, 5.74) is 0.520. The Morgan fingerprint density at radius 3 is 2.35 bits per heavy atom. The second kappa shape index (κ2) is 7.94. The molecule has 0 bridgehead atoms. The van der Waals surface area contributed by atoms with Crippen LogP contribution in [0.25, 0.3) is 0 Å². The number of aryl methyl sites for hydroxylation is 2. The van der Waals surface area contributed by atoms with E-state index in [9.17, 15) is 8.42 Å². The number of thiophene rings is 1. The van der Waals surface area contributed by atoms with Gasteiger partial charge in [-0.25, -0.2) is 0 Å². The van der Waals surface area contributed by atoms with Crippen molar-refractivity contribution in [3.63, 3.8) is 0 Å². The minimum absolute atomic E-state index is 0.319. The molecule has 20 heavy (non-hydrogen) atoms. The molecule has 6 nitrogen and oxygen atoms in total. The topological polar surface area (TPSA) is 82.1 Å². The Balaban J connectivity index is 2.60. The molecule has 8 heteroatoms. The first-order chi connectivity index (χ1) is 9.35. The number of methoxy groups -OCH3 is 1. The maximum atomic E-state index is 11.0. The second-order valence-electron chi connectivity index (χ2n) is 4.20. The highest BCUT2D eigenvalue weighted by Crippen LogP contribution is 2.35. The van der Waals surface area contributed by atoms with Crippen molar-refractivity contribution in [1.29, 1.82) is 0 Å². The quantitative estimate of drug-likeness (QED) is 0.551. The summed E-state index contributed by atoms with van der Waals surface area (Å²) in [6.45, 7) is 5.37. The van der Waals surface area contributed by atoms with E-state index in [1.54, 1.807) is 14.0 Å². The Morgan fingerprint density at radius 2 is 1.75 bits per heavy atom. The van der Waals surface area contributed by atoms with Gasteiger partial charge >= 0.3 is 0 Å². The van der Waals surface area contributed by atoms with E-state index < -0.39 is 15.9 Å². The molecule has 1 aromatic rings. The lowest BCUT2D eigenvalue weighted by Crippen LogP contribution is -2.11. The predicted molar refractivity (Wildman–Crippen MR) is 77.2 cm³/mol. The number of hydrogen-bond acceptors (Lipinski definition) is 6. The molecule has 1 heterocycles. The monoisotopic (exact) mass is 324 g/mol. The molecule has 1 rings (SSSR count). The van der Waals surface area contributed by atoms with Crippen LogP contribution >= 0.6 is 11.3 Å². The molecular weight excluding hydrogens is 304 g/mol. The van der Waals surface area contributed by atoms with Crippen molar-refractivity contribution >= 4 is 21.5 Å². The van der Waals surface area contributed by atoms with Gasteiger partial charge < -0.3 is 14.2 Å². The average Bonchev–Trinajstić information content (AvgIpc) is 2.58. The van der Waals surface area contributed by atoms with Gasteiger partial charge in [0, 0.05) is 22.4 Å². The summed E-state index contributed by atoms with van der Waals surface area (Å²) in [7, 11) is -2.48. The fourth-order valence-electron chi connectivity index (χ4n) is 1.70. The zero-order valence-corrected chi connectivity index (χ0v) is 13.5. The zero-order chi connectivity index (χ0) is 15.2. The van der Waals surface area contributed by atoms with Gasteiger partial charge in [-0.2, -0.15) is 8.42 Å². The minimum atomic E-state index is -4.07. The fourth-order valence-corrected chi connectivity index (χ4v) is 3.52. The molecule has 0 saturated carbocycles. The van der Waals surface area contributed by atoms with Crippen LogP contribution in [0.4, 0.5) is 0 Å². The molecule has 0 spiro atoms. The molecule has 0 aromatic carbocycles. The van der Waals surface area contributed by atoms with Crippen molar-refractivity contribution in [3.05, 3.63) is 15.3 Å². The molecule has 0 aliphatic carbocycles. The SMILES string of the molecule is COCCOCCOc1c(C)sc(C)c1CS(=O)(=O)O. The molecular formula is C12H20O6S2. The van der Waals surface area contributed by atoms with Crippen molar-refractivity contribution in [2.24, 2.45) is 0 Å². The number of hydrogen-bond donors (Lipinski definition) is 1. The van der Waals surface area contributed by atoms with Crippen molar-refractivity contribution < 1.29 is 27.2 Å². The first kappa shape index (κ1) is 17.4. The van der Waals surface area contributed by atoms with E-state index in [1.165, 1.54) is 11.3 Å². The lowest BCUT2D eigenvalue weighted by atomic mass is 10.2. The van der Waals surface area contributed by atoms with Crippen LogP contribution in [0.1, 0.15) is 15.3 Å². The van der Waals surface area contributed by atoms with Gasteiger partial charge in [0.1, 0.15) is 18.1 Å². The van der Waals surface area contributed by atoms with Gasteiger partial charge in [-0.15, -0.1) is 11.3 Å². The minimum Gasteiger partial charge on any atom is -0.490 e. The van der Waals surface area contributed by atoms with Gasteiger partial charge in [-0.1, -0.05) is 0 Å². The van der Waals surface area contributed by atoms with E-state index in [0.29, 0.717) is 37.7 Å². The highest BCUT2D eigenvalue weighted by molar-refractivity contribution is 7.85.